The number of esters is 1. The van der Waals surface area contributed by atoms with Gasteiger partial charge in [-0.25, -0.2) is 0 Å². The molecule has 0 aliphatic heterocycles. The van der Waals surface area contributed by atoms with Crippen molar-refractivity contribution in [2.75, 3.05) is 11.9 Å². The van der Waals surface area contributed by atoms with Crippen molar-refractivity contribution in [2.45, 2.75) is 26.3 Å². The van der Waals surface area contributed by atoms with E-state index in [0.717, 1.165) is 41.0 Å². The molecule has 1 N–H and O–H groups in total. The lowest BCUT2D eigenvalue weighted by Gasteiger charge is -2.08. The molecular weight excluding hydrogens is 316 g/mol. The Balaban J connectivity index is 1.84. The zero-order valence-electron chi connectivity index (χ0n) is 12.8. The van der Waals surface area contributed by atoms with Crippen LogP contribution in [0.4, 0.5) is 10.7 Å². The van der Waals surface area contributed by atoms with Gasteiger partial charge in [-0.15, -0.1) is 0 Å². The van der Waals surface area contributed by atoms with Crippen LogP contribution < -0.4 is 5.32 Å². The number of thiophene rings is 1. The van der Waals surface area contributed by atoms with Crippen molar-refractivity contribution in [3.8, 4) is 0 Å². The number of carbonyl (C=O) groups excluding carboxylic acids is 1. The van der Waals surface area contributed by atoms with Gasteiger partial charge in [0.1, 0.15) is 0 Å². The molecule has 1 aromatic carbocycles. The van der Waals surface area contributed by atoms with Crippen molar-refractivity contribution in [2.24, 2.45) is 0 Å². The minimum absolute atomic E-state index is 0.154. The van der Waals surface area contributed by atoms with Crippen LogP contribution in [0, 0.1) is 10.1 Å². The second-order valence-corrected chi connectivity index (χ2v) is 5.94. The molecule has 0 bridgehead atoms. The predicted molar refractivity (Wildman–Crippen MR) is 89.7 cm³/mol. The highest BCUT2D eigenvalue weighted by Crippen LogP contribution is 2.23. The summed E-state index contributed by atoms with van der Waals surface area (Å²) in [6, 6.07) is 9.56. The van der Waals surface area contributed by atoms with Gasteiger partial charge in [-0.1, -0.05) is 23.5 Å². The summed E-state index contributed by atoms with van der Waals surface area (Å²) in [5.41, 5.74) is 3.00. The number of rotatable bonds is 8. The molecule has 0 amide bonds. The van der Waals surface area contributed by atoms with Gasteiger partial charge >= 0.3 is 11.0 Å². The number of benzene rings is 1. The van der Waals surface area contributed by atoms with E-state index in [1.807, 2.05) is 24.3 Å². The first-order chi connectivity index (χ1) is 11.0. The second kappa shape index (κ2) is 8.28. The van der Waals surface area contributed by atoms with Gasteiger partial charge in [0.15, 0.2) is 0 Å². The van der Waals surface area contributed by atoms with Gasteiger partial charge < -0.3 is 10.1 Å². The fourth-order valence-electron chi connectivity index (χ4n) is 2.08. The Morgan fingerprint density at radius 3 is 2.87 bits per heavy atom. The topological polar surface area (TPSA) is 81.5 Å². The number of nitro groups is 1. The molecule has 0 saturated carbocycles. The number of nitrogens with zero attached hydrogens (tertiary/aromatic N) is 1. The number of carbonyl (C=O) groups is 1. The molecule has 2 aromatic rings. The van der Waals surface area contributed by atoms with Crippen molar-refractivity contribution >= 4 is 28.0 Å². The number of anilines is 1. The molecular formula is C16H18N2O4S. The van der Waals surface area contributed by atoms with E-state index in [2.05, 4.69) is 5.32 Å². The highest BCUT2D eigenvalue weighted by atomic mass is 32.1. The normalized spacial score (nSPS) is 10.3. The van der Waals surface area contributed by atoms with Crippen LogP contribution in [0.3, 0.4) is 0 Å². The van der Waals surface area contributed by atoms with Crippen molar-refractivity contribution in [3.05, 3.63) is 57.0 Å². The van der Waals surface area contributed by atoms with Gasteiger partial charge in [0, 0.05) is 30.6 Å². The number of aryl methyl sites for hydroxylation is 1. The Kier molecular flexibility index (Phi) is 6.10. The van der Waals surface area contributed by atoms with Crippen LogP contribution in [0.2, 0.25) is 0 Å². The molecule has 0 saturated heterocycles. The third-order valence-electron chi connectivity index (χ3n) is 3.16. The third-order valence-corrected chi connectivity index (χ3v) is 4.09. The Bertz CT molecular complexity index is 684. The number of hydrogen-bond acceptors (Lipinski definition) is 6. The molecule has 0 fully saturated rings. The Morgan fingerprint density at radius 1 is 1.35 bits per heavy atom. The average molecular weight is 334 g/mol. The number of nitrogens with one attached hydrogen (secondary N) is 1. The highest BCUT2D eigenvalue weighted by molar-refractivity contribution is 7.13. The summed E-state index contributed by atoms with van der Waals surface area (Å²) in [5.74, 6) is -0.259. The van der Waals surface area contributed by atoms with Crippen molar-refractivity contribution in [1.82, 2.24) is 0 Å². The Hall–Kier alpha value is -2.41. The van der Waals surface area contributed by atoms with Gasteiger partial charge in [0.05, 0.1) is 11.5 Å². The summed E-state index contributed by atoms with van der Waals surface area (Å²) in [4.78, 5) is 21.0. The van der Waals surface area contributed by atoms with Gasteiger partial charge in [0.25, 0.3) is 0 Å². The maximum Gasteiger partial charge on any atom is 0.324 e. The lowest BCUT2D eigenvalue weighted by Crippen LogP contribution is -2.02. The molecule has 1 aromatic heterocycles. The van der Waals surface area contributed by atoms with E-state index >= 15 is 0 Å². The molecule has 7 heteroatoms. The summed E-state index contributed by atoms with van der Waals surface area (Å²) in [6.45, 7) is 2.37. The van der Waals surface area contributed by atoms with Crippen molar-refractivity contribution in [3.63, 3.8) is 0 Å². The van der Waals surface area contributed by atoms with E-state index < -0.39 is 0 Å². The van der Waals surface area contributed by atoms with Crippen LogP contribution in [0.15, 0.2) is 35.7 Å². The predicted octanol–water partition coefficient (Wildman–Crippen LogP) is 3.76. The van der Waals surface area contributed by atoms with Crippen LogP contribution in [0.5, 0.6) is 0 Å². The Morgan fingerprint density at radius 2 is 2.17 bits per heavy atom. The van der Waals surface area contributed by atoms with Crippen molar-refractivity contribution in [1.29, 1.82) is 0 Å². The highest BCUT2D eigenvalue weighted by Gasteiger charge is 2.09. The van der Waals surface area contributed by atoms with Gasteiger partial charge in [-0.05, 0) is 36.1 Å². The van der Waals surface area contributed by atoms with Crippen LogP contribution in [0.1, 0.15) is 24.5 Å². The fraction of sp³-hybridized carbons (Fsp3) is 0.312. The molecule has 122 valence electrons. The second-order valence-electron chi connectivity index (χ2n) is 5.05. The van der Waals surface area contributed by atoms with Crippen LogP contribution in [-0.2, 0) is 22.5 Å². The molecule has 0 aliphatic carbocycles. The van der Waals surface area contributed by atoms with Gasteiger partial charge in [-0.3, -0.25) is 14.9 Å². The smallest absolute Gasteiger partial charge is 0.324 e. The van der Waals surface area contributed by atoms with Crippen LogP contribution in [-0.4, -0.2) is 17.5 Å². The monoisotopic (exact) mass is 334 g/mol. The summed E-state index contributed by atoms with van der Waals surface area (Å²) in [6.07, 6.45) is 1.60. The van der Waals surface area contributed by atoms with E-state index in [0.29, 0.717) is 13.2 Å². The molecule has 23 heavy (non-hydrogen) atoms. The molecule has 0 radical (unpaired) electrons. The largest absolute Gasteiger partial charge is 0.466 e. The van der Waals surface area contributed by atoms with E-state index in [-0.39, 0.29) is 15.9 Å². The molecule has 0 aliphatic rings. The van der Waals surface area contributed by atoms with Gasteiger partial charge in [-0.2, -0.15) is 0 Å². The first kappa shape index (κ1) is 17.0. The standard InChI is InChI=1S/C16H18N2O4S/c1-12(19)22-7-3-5-13-4-2-6-15(8-13)17-10-14-9-16(18(20)21)23-11-14/h2,4,6,8-9,11,17H,3,5,7,10H2,1H3. The zero-order valence-corrected chi connectivity index (χ0v) is 13.6. The molecule has 0 unspecified atom stereocenters. The quantitative estimate of drug-likeness (QED) is 0.344. The fourth-order valence-corrected chi connectivity index (χ4v) is 2.81. The molecule has 0 atom stereocenters. The zero-order chi connectivity index (χ0) is 16.7. The molecule has 2 rings (SSSR count). The number of ether oxygens (including phenoxy) is 1. The van der Waals surface area contributed by atoms with Gasteiger partial charge in [0.2, 0.25) is 0 Å². The third kappa shape index (κ3) is 5.71. The number of hydrogen-bond donors (Lipinski definition) is 1. The molecule has 1 heterocycles. The van der Waals surface area contributed by atoms with E-state index in [1.165, 1.54) is 6.92 Å². The first-order valence-electron chi connectivity index (χ1n) is 7.22. The summed E-state index contributed by atoms with van der Waals surface area (Å²) in [5, 5.41) is 15.9. The molecule has 0 spiro atoms. The lowest BCUT2D eigenvalue weighted by atomic mass is 10.1. The molecule has 6 nitrogen and oxygen atoms in total. The Labute approximate surface area is 138 Å². The summed E-state index contributed by atoms with van der Waals surface area (Å²) >= 11 is 1.13. The van der Waals surface area contributed by atoms with E-state index in [4.69, 9.17) is 4.74 Å². The summed E-state index contributed by atoms with van der Waals surface area (Å²) < 4.78 is 4.91. The van der Waals surface area contributed by atoms with Crippen LogP contribution in [0.25, 0.3) is 0 Å². The minimum atomic E-state index is -0.377. The van der Waals surface area contributed by atoms with E-state index in [9.17, 15) is 14.9 Å². The SMILES string of the molecule is CC(=O)OCCCc1cccc(NCc2csc([N+](=O)[O-])c2)c1. The van der Waals surface area contributed by atoms with E-state index in [1.54, 1.807) is 11.4 Å². The minimum Gasteiger partial charge on any atom is -0.466 e. The lowest BCUT2D eigenvalue weighted by molar-refractivity contribution is -0.380. The first-order valence-corrected chi connectivity index (χ1v) is 8.10. The average Bonchev–Trinajstić information content (AvgIpc) is 2.99. The maximum absolute atomic E-state index is 10.7. The summed E-state index contributed by atoms with van der Waals surface area (Å²) in [7, 11) is 0. The van der Waals surface area contributed by atoms with Crippen LogP contribution >= 0.6 is 11.3 Å². The van der Waals surface area contributed by atoms with Crippen molar-refractivity contribution < 1.29 is 14.5 Å². The maximum atomic E-state index is 10.7.